The Morgan fingerprint density at radius 2 is 2.08 bits per heavy atom. The van der Waals surface area contributed by atoms with E-state index in [1.165, 1.54) is 6.07 Å². The van der Waals surface area contributed by atoms with Crippen LogP contribution in [0.2, 0.25) is 0 Å². The minimum absolute atomic E-state index is 0.127. The second-order valence-corrected chi connectivity index (χ2v) is 3.25. The lowest BCUT2D eigenvalue weighted by Gasteiger charge is -2.06. The van der Waals surface area contributed by atoms with Crippen LogP contribution in [-0.4, -0.2) is 13.2 Å². The number of hydrogen-bond acceptors (Lipinski definition) is 2. The molecule has 0 aliphatic heterocycles. The van der Waals surface area contributed by atoms with Crippen LogP contribution >= 0.6 is 15.9 Å². The first-order valence-electron chi connectivity index (χ1n) is 3.62. The summed E-state index contributed by atoms with van der Waals surface area (Å²) in [6.45, 7) is 0.417. The molecule has 0 radical (unpaired) electrons. The van der Waals surface area contributed by atoms with Crippen LogP contribution in [0.3, 0.4) is 0 Å². The van der Waals surface area contributed by atoms with Crippen LogP contribution in [0.4, 0.5) is 8.78 Å². The molecule has 0 aromatic heterocycles. The summed E-state index contributed by atoms with van der Waals surface area (Å²) in [6.07, 6.45) is 0. The maximum Gasteiger partial charge on any atom is 0.200 e. The molecule has 5 heteroatoms. The zero-order valence-corrected chi connectivity index (χ0v) is 8.27. The van der Waals surface area contributed by atoms with Gasteiger partial charge in [0.15, 0.2) is 11.6 Å². The molecule has 0 amide bonds. The highest BCUT2D eigenvalue weighted by Gasteiger charge is 2.10. The Morgan fingerprint density at radius 3 is 2.69 bits per heavy atom. The van der Waals surface area contributed by atoms with Crippen LogP contribution < -0.4 is 10.5 Å². The smallest absolute Gasteiger partial charge is 0.200 e. The predicted octanol–water partition coefficient (Wildman–Crippen LogP) is 2.06. The molecule has 2 N–H and O–H groups in total. The van der Waals surface area contributed by atoms with Crippen LogP contribution in [0.5, 0.6) is 5.75 Å². The Balaban J connectivity index is 2.92. The average molecular weight is 252 g/mol. The lowest BCUT2D eigenvalue weighted by Crippen LogP contribution is -2.11. The van der Waals surface area contributed by atoms with Gasteiger partial charge in [0.1, 0.15) is 6.61 Å². The zero-order chi connectivity index (χ0) is 9.84. The fourth-order valence-corrected chi connectivity index (χ4v) is 1.22. The summed E-state index contributed by atoms with van der Waals surface area (Å²) in [7, 11) is 0. The van der Waals surface area contributed by atoms with Gasteiger partial charge in [0.05, 0.1) is 0 Å². The van der Waals surface area contributed by atoms with Crippen LogP contribution in [0.1, 0.15) is 0 Å². The SMILES string of the molecule is NCCOc1cc(Br)cc(F)c1F. The highest BCUT2D eigenvalue weighted by molar-refractivity contribution is 9.10. The maximum absolute atomic E-state index is 12.9. The molecule has 2 nitrogen and oxygen atoms in total. The molecular weight excluding hydrogens is 244 g/mol. The molecular formula is C8H8BrF2NO. The third kappa shape index (κ3) is 2.63. The van der Waals surface area contributed by atoms with E-state index in [9.17, 15) is 8.78 Å². The molecule has 1 rings (SSSR count). The van der Waals surface area contributed by atoms with E-state index in [2.05, 4.69) is 15.9 Å². The molecule has 13 heavy (non-hydrogen) atoms. The second-order valence-electron chi connectivity index (χ2n) is 2.34. The topological polar surface area (TPSA) is 35.2 Å². The van der Waals surface area contributed by atoms with Gasteiger partial charge in [-0.15, -0.1) is 0 Å². The van der Waals surface area contributed by atoms with Gasteiger partial charge in [-0.2, -0.15) is 4.39 Å². The highest BCUT2D eigenvalue weighted by atomic mass is 79.9. The van der Waals surface area contributed by atoms with Gasteiger partial charge in [-0.05, 0) is 12.1 Å². The Hall–Kier alpha value is -0.680. The average Bonchev–Trinajstić information content (AvgIpc) is 2.09. The summed E-state index contributed by atoms with van der Waals surface area (Å²) in [5.74, 6) is -2.06. The van der Waals surface area contributed by atoms with Crippen LogP contribution in [0.25, 0.3) is 0 Å². The highest BCUT2D eigenvalue weighted by Crippen LogP contribution is 2.24. The molecule has 0 heterocycles. The summed E-state index contributed by atoms with van der Waals surface area (Å²) >= 11 is 3.02. The van der Waals surface area contributed by atoms with Crippen molar-refractivity contribution in [1.82, 2.24) is 0 Å². The van der Waals surface area contributed by atoms with Crippen LogP contribution in [0.15, 0.2) is 16.6 Å². The van der Waals surface area contributed by atoms with Crippen molar-refractivity contribution in [2.24, 2.45) is 5.73 Å². The first kappa shape index (κ1) is 10.4. The Morgan fingerprint density at radius 1 is 1.38 bits per heavy atom. The van der Waals surface area contributed by atoms with E-state index < -0.39 is 11.6 Å². The first-order valence-corrected chi connectivity index (χ1v) is 4.42. The van der Waals surface area contributed by atoms with Crippen molar-refractivity contribution < 1.29 is 13.5 Å². The normalized spacial score (nSPS) is 10.2. The molecule has 1 aromatic rings. The molecule has 72 valence electrons. The van der Waals surface area contributed by atoms with E-state index in [-0.39, 0.29) is 18.9 Å². The van der Waals surface area contributed by atoms with Crippen molar-refractivity contribution in [1.29, 1.82) is 0 Å². The Kier molecular flexibility index (Phi) is 3.62. The third-order valence-corrected chi connectivity index (χ3v) is 1.79. The molecule has 0 fully saturated rings. The number of halogens is 3. The van der Waals surface area contributed by atoms with E-state index in [1.807, 2.05) is 0 Å². The quantitative estimate of drug-likeness (QED) is 0.835. The molecule has 0 saturated heterocycles. The van der Waals surface area contributed by atoms with Crippen molar-refractivity contribution in [3.63, 3.8) is 0 Å². The lowest BCUT2D eigenvalue weighted by atomic mass is 10.3. The van der Waals surface area contributed by atoms with Gasteiger partial charge in [-0.1, -0.05) is 15.9 Å². The monoisotopic (exact) mass is 251 g/mol. The molecule has 0 unspecified atom stereocenters. The number of rotatable bonds is 3. The van der Waals surface area contributed by atoms with Gasteiger partial charge >= 0.3 is 0 Å². The third-order valence-electron chi connectivity index (χ3n) is 1.34. The van der Waals surface area contributed by atoms with E-state index >= 15 is 0 Å². The molecule has 0 bridgehead atoms. The van der Waals surface area contributed by atoms with E-state index in [4.69, 9.17) is 10.5 Å². The minimum atomic E-state index is -0.989. The van der Waals surface area contributed by atoms with Crippen molar-refractivity contribution in [3.05, 3.63) is 28.2 Å². The van der Waals surface area contributed by atoms with Crippen molar-refractivity contribution >= 4 is 15.9 Å². The van der Waals surface area contributed by atoms with E-state index in [1.54, 1.807) is 0 Å². The number of hydrogen-bond donors (Lipinski definition) is 1. The van der Waals surface area contributed by atoms with E-state index in [0.717, 1.165) is 6.07 Å². The number of ether oxygens (including phenoxy) is 1. The van der Waals surface area contributed by atoms with E-state index in [0.29, 0.717) is 4.47 Å². The van der Waals surface area contributed by atoms with Gasteiger partial charge in [0.25, 0.3) is 0 Å². The zero-order valence-electron chi connectivity index (χ0n) is 6.69. The molecule has 0 aliphatic carbocycles. The predicted molar refractivity (Wildman–Crippen MR) is 48.6 cm³/mol. The standard InChI is InChI=1S/C8H8BrF2NO/c9-5-3-6(10)8(11)7(4-5)13-2-1-12/h3-4H,1-2,12H2. The van der Waals surface area contributed by atoms with Gasteiger partial charge in [0, 0.05) is 11.0 Å². The number of benzene rings is 1. The summed E-state index contributed by atoms with van der Waals surface area (Å²) in [5.41, 5.74) is 5.15. The van der Waals surface area contributed by atoms with Gasteiger partial charge in [-0.25, -0.2) is 4.39 Å². The second kappa shape index (κ2) is 4.53. The summed E-state index contributed by atoms with van der Waals surface area (Å²) in [6, 6.07) is 2.39. The van der Waals surface area contributed by atoms with Crippen molar-refractivity contribution in [3.8, 4) is 5.75 Å². The van der Waals surface area contributed by atoms with Gasteiger partial charge in [0.2, 0.25) is 5.82 Å². The van der Waals surface area contributed by atoms with Crippen LogP contribution in [0, 0.1) is 11.6 Å². The van der Waals surface area contributed by atoms with Gasteiger partial charge < -0.3 is 10.5 Å². The maximum atomic E-state index is 12.9. The minimum Gasteiger partial charge on any atom is -0.489 e. The largest absolute Gasteiger partial charge is 0.489 e. The molecule has 0 saturated carbocycles. The Bertz CT molecular complexity index is 306. The van der Waals surface area contributed by atoms with Crippen molar-refractivity contribution in [2.45, 2.75) is 0 Å². The molecule has 0 aliphatic rings. The summed E-state index contributed by atoms with van der Waals surface area (Å²) in [5, 5.41) is 0. The fraction of sp³-hybridized carbons (Fsp3) is 0.250. The lowest BCUT2D eigenvalue weighted by molar-refractivity contribution is 0.304. The fourth-order valence-electron chi connectivity index (χ4n) is 0.806. The molecule has 0 atom stereocenters. The van der Waals surface area contributed by atoms with Gasteiger partial charge in [-0.3, -0.25) is 0 Å². The molecule has 1 aromatic carbocycles. The molecule has 0 spiro atoms. The summed E-state index contributed by atoms with van der Waals surface area (Å²) in [4.78, 5) is 0. The summed E-state index contributed by atoms with van der Waals surface area (Å²) < 4.78 is 31.0. The Labute approximate surface area is 82.8 Å². The van der Waals surface area contributed by atoms with Crippen molar-refractivity contribution in [2.75, 3.05) is 13.2 Å². The number of nitrogens with two attached hydrogens (primary N) is 1. The first-order chi connectivity index (χ1) is 6.15. The van der Waals surface area contributed by atoms with Crippen LogP contribution in [-0.2, 0) is 0 Å².